The van der Waals surface area contributed by atoms with E-state index in [2.05, 4.69) is 6.58 Å². The minimum Gasteiger partial charge on any atom is -0.386 e. The van der Waals surface area contributed by atoms with E-state index in [4.69, 9.17) is 0 Å². The van der Waals surface area contributed by atoms with Gasteiger partial charge in [-0.2, -0.15) is 0 Å². The second kappa shape index (κ2) is 3.25. The molecule has 0 saturated carbocycles. The van der Waals surface area contributed by atoms with Crippen molar-refractivity contribution in [2.24, 2.45) is 5.92 Å². The minimum atomic E-state index is -2.10. The van der Waals surface area contributed by atoms with E-state index in [1.54, 1.807) is 19.9 Å². The van der Waals surface area contributed by atoms with Crippen molar-refractivity contribution < 1.29 is 15.3 Å². The summed E-state index contributed by atoms with van der Waals surface area (Å²) in [4.78, 5) is 0. The highest BCUT2D eigenvalue weighted by atomic mass is 16.5. The van der Waals surface area contributed by atoms with Crippen molar-refractivity contribution >= 4 is 0 Å². The smallest absolute Gasteiger partial charge is 0.213 e. The van der Waals surface area contributed by atoms with Crippen LogP contribution in [0.25, 0.3) is 0 Å². The van der Waals surface area contributed by atoms with Gasteiger partial charge in [-0.05, 0) is 25.8 Å². The highest BCUT2D eigenvalue weighted by Gasteiger charge is 2.42. The van der Waals surface area contributed by atoms with Crippen LogP contribution in [-0.2, 0) is 0 Å². The molecule has 1 aliphatic rings. The van der Waals surface area contributed by atoms with Crippen LogP contribution in [0.2, 0.25) is 0 Å². The lowest BCUT2D eigenvalue weighted by Crippen LogP contribution is -2.49. The van der Waals surface area contributed by atoms with Crippen molar-refractivity contribution in [2.75, 3.05) is 0 Å². The standard InChI is InChI=1S/C10H16O3/c1-6(2)8-5-4-7(3)10(12,13)9(8)11/h4,8-9,11-13H,1,5H2,2-3H3. The Labute approximate surface area is 78.0 Å². The molecule has 3 N–H and O–H groups in total. The first-order valence-electron chi connectivity index (χ1n) is 4.32. The summed E-state index contributed by atoms with van der Waals surface area (Å²) in [6.45, 7) is 7.08. The summed E-state index contributed by atoms with van der Waals surface area (Å²) < 4.78 is 0. The highest BCUT2D eigenvalue weighted by Crippen LogP contribution is 2.34. The third-order valence-corrected chi connectivity index (χ3v) is 2.68. The van der Waals surface area contributed by atoms with Gasteiger partial charge in [0.25, 0.3) is 0 Å². The molecule has 1 aliphatic carbocycles. The molecule has 0 aromatic carbocycles. The van der Waals surface area contributed by atoms with Gasteiger partial charge < -0.3 is 15.3 Å². The van der Waals surface area contributed by atoms with Crippen LogP contribution in [0.3, 0.4) is 0 Å². The molecular weight excluding hydrogens is 168 g/mol. The molecule has 74 valence electrons. The lowest BCUT2D eigenvalue weighted by molar-refractivity contribution is -0.212. The van der Waals surface area contributed by atoms with Crippen LogP contribution in [0.5, 0.6) is 0 Å². The maximum Gasteiger partial charge on any atom is 0.213 e. The van der Waals surface area contributed by atoms with E-state index < -0.39 is 11.9 Å². The van der Waals surface area contributed by atoms with Crippen LogP contribution in [0.15, 0.2) is 23.8 Å². The Kier molecular flexibility index (Phi) is 2.61. The fourth-order valence-corrected chi connectivity index (χ4v) is 1.57. The van der Waals surface area contributed by atoms with E-state index in [-0.39, 0.29) is 5.92 Å². The van der Waals surface area contributed by atoms with Crippen molar-refractivity contribution in [3.63, 3.8) is 0 Å². The number of rotatable bonds is 1. The lowest BCUT2D eigenvalue weighted by atomic mass is 9.79. The normalized spacial score (nSPS) is 32.5. The molecule has 0 aliphatic heterocycles. The maximum atomic E-state index is 9.64. The average molecular weight is 184 g/mol. The Balaban J connectivity index is 2.97. The van der Waals surface area contributed by atoms with E-state index in [1.807, 2.05) is 0 Å². The van der Waals surface area contributed by atoms with Gasteiger partial charge in [0.1, 0.15) is 6.10 Å². The topological polar surface area (TPSA) is 60.7 Å². The molecule has 0 amide bonds. The van der Waals surface area contributed by atoms with Crippen LogP contribution in [0.1, 0.15) is 20.3 Å². The van der Waals surface area contributed by atoms with Gasteiger partial charge >= 0.3 is 0 Å². The first-order chi connectivity index (χ1) is 5.87. The second-order valence-electron chi connectivity index (χ2n) is 3.75. The molecule has 0 bridgehead atoms. The Morgan fingerprint density at radius 2 is 2.15 bits per heavy atom. The van der Waals surface area contributed by atoms with Crippen molar-refractivity contribution in [1.82, 2.24) is 0 Å². The summed E-state index contributed by atoms with van der Waals surface area (Å²) in [7, 11) is 0. The molecule has 1 rings (SSSR count). The summed E-state index contributed by atoms with van der Waals surface area (Å²) >= 11 is 0. The molecule has 3 nitrogen and oxygen atoms in total. The predicted molar refractivity (Wildman–Crippen MR) is 49.9 cm³/mol. The molecule has 0 heterocycles. The number of hydrogen-bond donors (Lipinski definition) is 3. The third-order valence-electron chi connectivity index (χ3n) is 2.68. The molecule has 2 atom stereocenters. The predicted octanol–water partition coefficient (Wildman–Crippen LogP) is 0.571. The molecule has 0 radical (unpaired) electrons. The highest BCUT2D eigenvalue weighted by molar-refractivity contribution is 5.21. The zero-order chi connectivity index (χ0) is 10.2. The monoisotopic (exact) mass is 184 g/mol. The zero-order valence-electron chi connectivity index (χ0n) is 7.99. The first-order valence-corrected chi connectivity index (χ1v) is 4.32. The van der Waals surface area contributed by atoms with Crippen molar-refractivity contribution in [2.45, 2.75) is 32.2 Å². The van der Waals surface area contributed by atoms with Crippen molar-refractivity contribution in [3.8, 4) is 0 Å². The lowest BCUT2D eigenvalue weighted by Gasteiger charge is -2.37. The van der Waals surface area contributed by atoms with E-state index in [0.717, 1.165) is 5.57 Å². The Morgan fingerprint density at radius 1 is 1.62 bits per heavy atom. The van der Waals surface area contributed by atoms with Crippen molar-refractivity contribution in [3.05, 3.63) is 23.8 Å². The fourth-order valence-electron chi connectivity index (χ4n) is 1.57. The van der Waals surface area contributed by atoms with E-state index >= 15 is 0 Å². The van der Waals surface area contributed by atoms with Crippen LogP contribution in [0.4, 0.5) is 0 Å². The summed E-state index contributed by atoms with van der Waals surface area (Å²) in [6.07, 6.45) is 1.17. The number of hydrogen-bond acceptors (Lipinski definition) is 3. The maximum absolute atomic E-state index is 9.64. The van der Waals surface area contributed by atoms with E-state index in [9.17, 15) is 15.3 Å². The Hall–Kier alpha value is -0.640. The number of allylic oxidation sites excluding steroid dienone is 1. The molecule has 0 spiro atoms. The van der Waals surface area contributed by atoms with Gasteiger partial charge in [0.2, 0.25) is 5.79 Å². The first kappa shape index (κ1) is 10.4. The van der Waals surface area contributed by atoms with Gasteiger partial charge in [0.15, 0.2) is 0 Å². The third kappa shape index (κ3) is 1.68. The number of aliphatic hydroxyl groups is 3. The summed E-state index contributed by atoms with van der Waals surface area (Å²) in [5.74, 6) is -2.36. The van der Waals surface area contributed by atoms with Crippen LogP contribution >= 0.6 is 0 Å². The summed E-state index contributed by atoms with van der Waals surface area (Å²) in [6, 6.07) is 0. The zero-order valence-corrected chi connectivity index (χ0v) is 7.99. The molecule has 2 unspecified atom stereocenters. The Morgan fingerprint density at radius 3 is 2.62 bits per heavy atom. The van der Waals surface area contributed by atoms with Gasteiger partial charge in [-0.3, -0.25) is 0 Å². The van der Waals surface area contributed by atoms with E-state index in [0.29, 0.717) is 12.0 Å². The second-order valence-corrected chi connectivity index (χ2v) is 3.75. The van der Waals surface area contributed by atoms with E-state index in [1.165, 1.54) is 0 Å². The van der Waals surface area contributed by atoms with Gasteiger partial charge in [0.05, 0.1) is 0 Å². The Bertz CT molecular complexity index is 253. The van der Waals surface area contributed by atoms with Crippen LogP contribution in [-0.4, -0.2) is 27.2 Å². The average Bonchev–Trinajstić information content (AvgIpc) is 2.01. The van der Waals surface area contributed by atoms with Crippen LogP contribution in [0, 0.1) is 5.92 Å². The van der Waals surface area contributed by atoms with Crippen LogP contribution < -0.4 is 0 Å². The molecule has 3 heteroatoms. The molecule has 0 aromatic heterocycles. The van der Waals surface area contributed by atoms with Gasteiger partial charge in [-0.1, -0.05) is 18.2 Å². The SMILES string of the molecule is C=C(C)C1CC=C(C)C(O)(O)C1O. The number of aliphatic hydroxyl groups excluding tert-OH is 1. The summed E-state index contributed by atoms with van der Waals surface area (Å²) in [5, 5.41) is 28.7. The van der Waals surface area contributed by atoms with Gasteiger partial charge in [0, 0.05) is 5.92 Å². The molecule has 0 fully saturated rings. The minimum absolute atomic E-state index is 0.265. The quantitative estimate of drug-likeness (QED) is 0.412. The van der Waals surface area contributed by atoms with Gasteiger partial charge in [-0.15, -0.1) is 0 Å². The molecule has 0 saturated heterocycles. The molecule has 13 heavy (non-hydrogen) atoms. The van der Waals surface area contributed by atoms with Gasteiger partial charge in [-0.25, -0.2) is 0 Å². The molecule has 0 aromatic rings. The fraction of sp³-hybridized carbons (Fsp3) is 0.600. The summed E-state index contributed by atoms with van der Waals surface area (Å²) in [5.41, 5.74) is 1.17. The largest absolute Gasteiger partial charge is 0.386 e. The van der Waals surface area contributed by atoms with Crippen molar-refractivity contribution in [1.29, 1.82) is 0 Å². The molecular formula is C10H16O3.